The molecule has 0 saturated heterocycles. The molecule has 7 heteroatoms. The number of nitriles is 1. The predicted molar refractivity (Wildman–Crippen MR) is 76.9 cm³/mol. The second kappa shape index (κ2) is 6.13. The molecule has 0 aliphatic rings. The highest BCUT2D eigenvalue weighted by atomic mass is 16.1. The fourth-order valence-corrected chi connectivity index (χ4v) is 1.93. The van der Waals surface area contributed by atoms with E-state index in [1.54, 1.807) is 0 Å². The lowest BCUT2D eigenvalue weighted by Crippen LogP contribution is -2.16. The molecule has 0 unspecified atom stereocenters. The number of anilines is 1. The Morgan fingerprint density at radius 1 is 1.38 bits per heavy atom. The topological polar surface area (TPSA) is 96.5 Å². The van der Waals surface area contributed by atoms with Crippen molar-refractivity contribution in [1.29, 1.82) is 5.26 Å². The van der Waals surface area contributed by atoms with Gasteiger partial charge in [0.15, 0.2) is 5.82 Å². The second-order valence-electron chi connectivity index (χ2n) is 4.68. The molecule has 0 fully saturated rings. The van der Waals surface area contributed by atoms with Gasteiger partial charge in [0.2, 0.25) is 5.91 Å². The Morgan fingerprint density at radius 3 is 2.62 bits per heavy atom. The summed E-state index contributed by atoms with van der Waals surface area (Å²) in [6.45, 7) is 5.61. The Morgan fingerprint density at radius 2 is 2.05 bits per heavy atom. The number of carbonyl (C=O) groups excluding carboxylic acids is 1. The summed E-state index contributed by atoms with van der Waals surface area (Å²) < 4.78 is 1.38. The van der Waals surface area contributed by atoms with Crippen LogP contribution in [-0.4, -0.2) is 25.7 Å². The average Bonchev–Trinajstić information content (AvgIpc) is 2.80. The molecule has 2 aromatic heterocycles. The van der Waals surface area contributed by atoms with Crippen LogP contribution in [0.2, 0.25) is 0 Å². The minimum atomic E-state index is -0.167. The molecular weight excluding hydrogens is 268 g/mol. The van der Waals surface area contributed by atoms with Gasteiger partial charge >= 0.3 is 0 Å². The monoisotopic (exact) mass is 284 g/mol. The first kappa shape index (κ1) is 14.7. The van der Waals surface area contributed by atoms with Crippen molar-refractivity contribution < 1.29 is 4.79 Å². The molecule has 0 aromatic carbocycles. The van der Waals surface area contributed by atoms with Crippen molar-refractivity contribution in [2.24, 2.45) is 0 Å². The molecular formula is C14H16N6O. The van der Waals surface area contributed by atoms with Crippen LogP contribution in [0.25, 0.3) is 5.95 Å². The van der Waals surface area contributed by atoms with Gasteiger partial charge in [-0.1, -0.05) is 6.92 Å². The molecule has 1 N–H and O–H groups in total. The first-order chi connectivity index (χ1) is 10.0. The quantitative estimate of drug-likeness (QED) is 0.924. The molecule has 7 nitrogen and oxygen atoms in total. The summed E-state index contributed by atoms with van der Waals surface area (Å²) in [5.41, 5.74) is 1.86. The van der Waals surface area contributed by atoms with Gasteiger partial charge in [-0.15, -0.1) is 0 Å². The summed E-state index contributed by atoms with van der Waals surface area (Å²) in [6.07, 6.45) is 2.49. The van der Waals surface area contributed by atoms with Crippen molar-refractivity contribution in [3.8, 4) is 12.0 Å². The zero-order valence-corrected chi connectivity index (χ0v) is 12.2. The fourth-order valence-electron chi connectivity index (χ4n) is 1.93. The zero-order chi connectivity index (χ0) is 15.4. The Hall–Kier alpha value is -2.75. The average molecular weight is 284 g/mol. The van der Waals surface area contributed by atoms with E-state index in [1.807, 2.05) is 32.9 Å². The lowest BCUT2D eigenvalue weighted by molar-refractivity contribution is -0.116. The standard InChI is InChI=1S/C14H16N6O/c1-4-5-12(21)19-13-11(7-15)8-16-20(13)14-17-9(2)6-10(3)18-14/h6,8H,4-5H2,1-3H3,(H,19,21). The van der Waals surface area contributed by atoms with E-state index in [2.05, 4.69) is 20.4 Å². The van der Waals surface area contributed by atoms with Crippen molar-refractivity contribution in [3.05, 3.63) is 29.2 Å². The van der Waals surface area contributed by atoms with E-state index in [-0.39, 0.29) is 11.5 Å². The lowest BCUT2D eigenvalue weighted by Gasteiger charge is -2.09. The number of rotatable bonds is 4. The molecule has 0 aliphatic carbocycles. The predicted octanol–water partition coefficient (Wildman–Crippen LogP) is 1.89. The summed E-state index contributed by atoms with van der Waals surface area (Å²) in [4.78, 5) is 20.4. The minimum absolute atomic E-state index is 0.167. The van der Waals surface area contributed by atoms with E-state index < -0.39 is 0 Å². The van der Waals surface area contributed by atoms with Gasteiger partial charge in [-0.3, -0.25) is 4.79 Å². The summed E-state index contributed by atoms with van der Waals surface area (Å²) >= 11 is 0. The van der Waals surface area contributed by atoms with Gasteiger partial charge in [0, 0.05) is 17.8 Å². The normalized spacial score (nSPS) is 10.2. The molecule has 0 bridgehead atoms. The Balaban J connectivity index is 2.47. The first-order valence-corrected chi connectivity index (χ1v) is 6.65. The van der Waals surface area contributed by atoms with E-state index >= 15 is 0 Å². The number of nitrogens with one attached hydrogen (secondary N) is 1. The third-order valence-corrected chi connectivity index (χ3v) is 2.78. The second-order valence-corrected chi connectivity index (χ2v) is 4.68. The van der Waals surface area contributed by atoms with Crippen LogP contribution in [0, 0.1) is 25.2 Å². The Labute approximate surface area is 122 Å². The summed E-state index contributed by atoms with van der Waals surface area (Å²) in [5.74, 6) is 0.474. The molecule has 0 spiro atoms. The van der Waals surface area contributed by atoms with Gasteiger partial charge in [-0.05, 0) is 26.3 Å². The van der Waals surface area contributed by atoms with E-state index in [9.17, 15) is 4.79 Å². The molecule has 0 atom stereocenters. The fraction of sp³-hybridized carbons (Fsp3) is 0.357. The minimum Gasteiger partial charge on any atom is -0.309 e. The molecule has 1 amide bonds. The van der Waals surface area contributed by atoms with Crippen LogP contribution in [0.5, 0.6) is 0 Å². The summed E-state index contributed by atoms with van der Waals surface area (Å²) in [5, 5.41) is 15.9. The van der Waals surface area contributed by atoms with Crippen LogP contribution in [0.15, 0.2) is 12.3 Å². The third kappa shape index (κ3) is 3.23. The van der Waals surface area contributed by atoms with Crippen molar-refractivity contribution in [1.82, 2.24) is 19.7 Å². The van der Waals surface area contributed by atoms with Gasteiger partial charge in [0.25, 0.3) is 5.95 Å². The Kier molecular flexibility index (Phi) is 4.28. The van der Waals surface area contributed by atoms with Gasteiger partial charge in [-0.25, -0.2) is 9.97 Å². The van der Waals surface area contributed by atoms with Gasteiger partial charge in [0.1, 0.15) is 11.6 Å². The van der Waals surface area contributed by atoms with Crippen LogP contribution < -0.4 is 5.32 Å². The van der Waals surface area contributed by atoms with Crippen LogP contribution >= 0.6 is 0 Å². The van der Waals surface area contributed by atoms with E-state index in [4.69, 9.17) is 5.26 Å². The molecule has 2 rings (SSSR count). The van der Waals surface area contributed by atoms with Gasteiger partial charge in [0.05, 0.1) is 6.20 Å². The molecule has 0 aliphatic heterocycles. The molecule has 0 saturated carbocycles. The molecule has 108 valence electrons. The number of carbonyl (C=O) groups is 1. The zero-order valence-electron chi connectivity index (χ0n) is 12.2. The molecule has 21 heavy (non-hydrogen) atoms. The van der Waals surface area contributed by atoms with E-state index in [0.717, 1.165) is 17.8 Å². The number of hydrogen-bond acceptors (Lipinski definition) is 5. The summed E-state index contributed by atoms with van der Waals surface area (Å²) in [7, 11) is 0. The maximum Gasteiger partial charge on any atom is 0.252 e. The van der Waals surface area contributed by atoms with Crippen molar-refractivity contribution in [2.45, 2.75) is 33.6 Å². The van der Waals surface area contributed by atoms with Gasteiger partial charge < -0.3 is 5.32 Å². The number of amides is 1. The van der Waals surface area contributed by atoms with E-state index in [0.29, 0.717) is 18.2 Å². The number of nitrogens with zero attached hydrogens (tertiary/aromatic N) is 5. The van der Waals surface area contributed by atoms with Crippen molar-refractivity contribution in [3.63, 3.8) is 0 Å². The molecule has 0 radical (unpaired) electrons. The van der Waals surface area contributed by atoms with Crippen LogP contribution in [0.4, 0.5) is 5.82 Å². The molecule has 2 heterocycles. The van der Waals surface area contributed by atoms with Gasteiger partial charge in [-0.2, -0.15) is 15.0 Å². The highest BCUT2D eigenvalue weighted by Crippen LogP contribution is 2.18. The largest absolute Gasteiger partial charge is 0.309 e. The smallest absolute Gasteiger partial charge is 0.252 e. The van der Waals surface area contributed by atoms with Crippen LogP contribution in [0.3, 0.4) is 0 Å². The SMILES string of the molecule is CCCC(=O)Nc1c(C#N)cnn1-c1nc(C)cc(C)n1. The van der Waals surface area contributed by atoms with Crippen LogP contribution in [0.1, 0.15) is 36.7 Å². The van der Waals surface area contributed by atoms with Crippen LogP contribution in [-0.2, 0) is 4.79 Å². The maximum atomic E-state index is 11.8. The lowest BCUT2D eigenvalue weighted by atomic mass is 10.3. The van der Waals surface area contributed by atoms with Crippen molar-refractivity contribution >= 4 is 11.7 Å². The highest BCUT2D eigenvalue weighted by Gasteiger charge is 2.16. The maximum absolute atomic E-state index is 11.8. The first-order valence-electron chi connectivity index (χ1n) is 6.65. The highest BCUT2D eigenvalue weighted by molar-refractivity contribution is 5.91. The molecule has 2 aromatic rings. The Bertz CT molecular complexity index is 692. The third-order valence-electron chi connectivity index (χ3n) is 2.78. The van der Waals surface area contributed by atoms with E-state index in [1.165, 1.54) is 10.9 Å². The van der Waals surface area contributed by atoms with Crippen molar-refractivity contribution in [2.75, 3.05) is 5.32 Å². The number of hydrogen-bond donors (Lipinski definition) is 1. The summed E-state index contributed by atoms with van der Waals surface area (Å²) in [6, 6.07) is 3.85. The number of aryl methyl sites for hydroxylation is 2. The number of aromatic nitrogens is 4.